The molecule has 1 saturated carbocycles. The molecule has 0 aromatic carbocycles. The lowest BCUT2D eigenvalue weighted by atomic mass is 9.72. The van der Waals surface area contributed by atoms with Crippen molar-refractivity contribution >= 4 is 5.91 Å². The van der Waals surface area contributed by atoms with Crippen molar-refractivity contribution < 1.29 is 4.79 Å². The van der Waals surface area contributed by atoms with Crippen LogP contribution in [0.5, 0.6) is 0 Å². The van der Waals surface area contributed by atoms with Crippen molar-refractivity contribution in [1.29, 1.82) is 0 Å². The molecule has 1 amide bonds. The Morgan fingerprint density at radius 1 is 1.58 bits per heavy atom. The lowest BCUT2D eigenvalue weighted by Gasteiger charge is -2.38. The van der Waals surface area contributed by atoms with Gasteiger partial charge in [-0.15, -0.1) is 0 Å². The van der Waals surface area contributed by atoms with Crippen molar-refractivity contribution in [2.45, 2.75) is 44.6 Å². The molecule has 0 spiro atoms. The Morgan fingerprint density at radius 2 is 2.25 bits per heavy atom. The highest BCUT2D eigenvalue weighted by atomic mass is 16.1. The molecule has 70 valence electrons. The molecule has 0 bridgehead atoms. The monoisotopic (exact) mass is 170 g/mol. The average Bonchev–Trinajstić information content (AvgIpc) is 1.94. The van der Waals surface area contributed by atoms with E-state index in [1.165, 1.54) is 6.42 Å². The fourth-order valence-corrected chi connectivity index (χ4v) is 2.03. The summed E-state index contributed by atoms with van der Waals surface area (Å²) in [4.78, 5) is 10.8. The largest absolute Gasteiger partial charge is 0.370 e. The number of rotatable bonds is 2. The third-order valence-electron chi connectivity index (χ3n) is 3.01. The fraction of sp³-hybridized carbons (Fsp3) is 0.889. The first-order valence-corrected chi connectivity index (χ1v) is 4.62. The summed E-state index contributed by atoms with van der Waals surface area (Å²) in [5.74, 6) is 0.157. The Labute approximate surface area is 73.5 Å². The van der Waals surface area contributed by atoms with Crippen molar-refractivity contribution in [3.63, 3.8) is 0 Å². The van der Waals surface area contributed by atoms with Gasteiger partial charge in [0.25, 0.3) is 0 Å². The molecule has 12 heavy (non-hydrogen) atoms. The molecular weight excluding hydrogens is 152 g/mol. The lowest BCUT2D eigenvalue weighted by Crippen LogP contribution is -2.50. The summed E-state index contributed by atoms with van der Waals surface area (Å²) in [6, 6.07) is 0. The van der Waals surface area contributed by atoms with Crippen molar-refractivity contribution in [3.8, 4) is 0 Å². The predicted molar refractivity (Wildman–Crippen MR) is 48.4 cm³/mol. The minimum Gasteiger partial charge on any atom is -0.370 e. The normalized spacial score (nSPS) is 36.3. The molecule has 1 rings (SSSR count). The van der Waals surface area contributed by atoms with Crippen LogP contribution in [0.2, 0.25) is 0 Å². The van der Waals surface area contributed by atoms with Gasteiger partial charge in [0.2, 0.25) is 5.91 Å². The van der Waals surface area contributed by atoms with Gasteiger partial charge in [0.05, 0.1) is 0 Å². The van der Waals surface area contributed by atoms with Crippen molar-refractivity contribution in [2.75, 3.05) is 0 Å². The first kappa shape index (κ1) is 9.52. The zero-order chi connectivity index (χ0) is 9.19. The molecule has 0 heterocycles. The number of hydrogen-bond donors (Lipinski definition) is 2. The molecule has 1 aliphatic carbocycles. The summed E-state index contributed by atoms with van der Waals surface area (Å²) < 4.78 is 0. The molecule has 2 atom stereocenters. The van der Waals surface area contributed by atoms with E-state index in [0.29, 0.717) is 12.3 Å². The summed E-state index contributed by atoms with van der Waals surface area (Å²) in [6.45, 7) is 2.11. The average molecular weight is 170 g/mol. The maximum atomic E-state index is 10.8. The van der Waals surface area contributed by atoms with Crippen LogP contribution >= 0.6 is 0 Å². The van der Waals surface area contributed by atoms with E-state index in [1.54, 1.807) is 0 Å². The SMILES string of the molecule is CC1CCCCC1(N)CC(N)=O. The topological polar surface area (TPSA) is 69.1 Å². The molecule has 3 nitrogen and oxygen atoms in total. The van der Waals surface area contributed by atoms with Gasteiger partial charge >= 0.3 is 0 Å². The van der Waals surface area contributed by atoms with E-state index in [1.807, 2.05) is 0 Å². The molecule has 0 radical (unpaired) electrons. The highest BCUT2D eigenvalue weighted by Gasteiger charge is 2.35. The quantitative estimate of drug-likeness (QED) is 0.642. The molecule has 0 aliphatic heterocycles. The molecule has 2 unspecified atom stereocenters. The Morgan fingerprint density at radius 3 is 2.75 bits per heavy atom. The lowest BCUT2D eigenvalue weighted by molar-refractivity contribution is -0.119. The van der Waals surface area contributed by atoms with Gasteiger partial charge < -0.3 is 11.5 Å². The van der Waals surface area contributed by atoms with Crippen molar-refractivity contribution in [1.82, 2.24) is 0 Å². The zero-order valence-corrected chi connectivity index (χ0v) is 7.68. The van der Waals surface area contributed by atoms with Gasteiger partial charge in [0, 0.05) is 12.0 Å². The molecule has 3 heteroatoms. The number of primary amides is 1. The maximum Gasteiger partial charge on any atom is 0.219 e. The van der Waals surface area contributed by atoms with E-state index in [9.17, 15) is 4.79 Å². The number of carbonyl (C=O) groups excluding carboxylic acids is 1. The van der Waals surface area contributed by atoms with Crippen LogP contribution in [0.4, 0.5) is 0 Å². The van der Waals surface area contributed by atoms with E-state index >= 15 is 0 Å². The molecule has 4 N–H and O–H groups in total. The van der Waals surface area contributed by atoms with Gasteiger partial charge in [-0.3, -0.25) is 4.79 Å². The Hall–Kier alpha value is -0.570. The maximum absolute atomic E-state index is 10.8. The van der Waals surface area contributed by atoms with Crippen LogP contribution in [0.15, 0.2) is 0 Å². The summed E-state index contributed by atoms with van der Waals surface area (Å²) in [5, 5.41) is 0. The molecule has 1 aliphatic rings. The van der Waals surface area contributed by atoms with Crippen LogP contribution in [0.25, 0.3) is 0 Å². The second kappa shape index (κ2) is 3.44. The summed E-state index contributed by atoms with van der Waals surface area (Å²) in [5.41, 5.74) is 10.9. The third kappa shape index (κ3) is 1.97. The van der Waals surface area contributed by atoms with Gasteiger partial charge in [-0.05, 0) is 18.8 Å². The first-order chi connectivity index (χ1) is 5.54. The standard InChI is InChI=1S/C9H18N2O/c1-7-4-2-3-5-9(7,11)6-8(10)12/h7H,2-6,11H2,1H3,(H2,10,12). The first-order valence-electron chi connectivity index (χ1n) is 4.62. The smallest absolute Gasteiger partial charge is 0.219 e. The van der Waals surface area contributed by atoms with Crippen LogP contribution in [-0.2, 0) is 4.79 Å². The molecule has 0 aromatic heterocycles. The van der Waals surface area contributed by atoms with Gasteiger partial charge in [0.15, 0.2) is 0 Å². The second-order valence-corrected chi connectivity index (χ2v) is 4.02. The van der Waals surface area contributed by atoms with E-state index in [0.717, 1.165) is 19.3 Å². The van der Waals surface area contributed by atoms with Crippen LogP contribution in [0.3, 0.4) is 0 Å². The van der Waals surface area contributed by atoms with E-state index in [4.69, 9.17) is 11.5 Å². The summed E-state index contributed by atoms with van der Waals surface area (Å²) in [7, 11) is 0. The molecule has 1 fully saturated rings. The summed E-state index contributed by atoms with van der Waals surface area (Å²) in [6.07, 6.45) is 4.78. The Balaban J connectivity index is 2.59. The van der Waals surface area contributed by atoms with E-state index in [-0.39, 0.29) is 11.4 Å². The summed E-state index contributed by atoms with van der Waals surface area (Å²) >= 11 is 0. The van der Waals surface area contributed by atoms with Crippen LogP contribution in [-0.4, -0.2) is 11.4 Å². The van der Waals surface area contributed by atoms with E-state index < -0.39 is 0 Å². The van der Waals surface area contributed by atoms with Crippen molar-refractivity contribution in [3.05, 3.63) is 0 Å². The minimum atomic E-state index is -0.315. The van der Waals surface area contributed by atoms with Crippen molar-refractivity contribution in [2.24, 2.45) is 17.4 Å². The molecular formula is C9H18N2O. The van der Waals surface area contributed by atoms with Crippen LogP contribution in [0, 0.1) is 5.92 Å². The van der Waals surface area contributed by atoms with E-state index in [2.05, 4.69) is 6.92 Å². The van der Waals surface area contributed by atoms with Gasteiger partial charge in [-0.25, -0.2) is 0 Å². The second-order valence-electron chi connectivity index (χ2n) is 4.02. The number of hydrogen-bond acceptors (Lipinski definition) is 2. The van der Waals surface area contributed by atoms with Gasteiger partial charge in [-0.2, -0.15) is 0 Å². The molecule has 0 aromatic rings. The highest BCUT2D eigenvalue weighted by Crippen LogP contribution is 2.33. The zero-order valence-electron chi connectivity index (χ0n) is 7.68. The van der Waals surface area contributed by atoms with Crippen LogP contribution in [0.1, 0.15) is 39.0 Å². The highest BCUT2D eigenvalue weighted by molar-refractivity contribution is 5.75. The van der Waals surface area contributed by atoms with Gasteiger partial charge in [-0.1, -0.05) is 19.8 Å². The fourth-order valence-electron chi connectivity index (χ4n) is 2.03. The Bertz CT molecular complexity index is 181. The van der Waals surface area contributed by atoms with Crippen LogP contribution < -0.4 is 11.5 Å². The number of amides is 1. The Kier molecular flexibility index (Phi) is 2.73. The number of nitrogens with two attached hydrogens (primary N) is 2. The van der Waals surface area contributed by atoms with Gasteiger partial charge in [0.1, 0.15) is 0 Å². The molecule has 0 saturated heterocycles. The predicted octanol–water partition coefficient (Wildman–Crippen LogP) is 0.769. The minimum absolute atomic E-state index is 0.272. The number of carbonyl (C=O) groups is 1. The third-order valence-corrected chi connectivity index (χ3v) is 3.01.